The van der Waals surface area contributed by atoms with Crippen LogP contribution in [0.2, 0.25) is 0 Å². The lowest BCUT2D eigenvalue weighted by Crippen LogP contribution is -2.46. The summed E-state index contributed by atoms with van der Waals surface area (Å²) in [5, 5.41) is 17.5. The summed E-state index contributed by atoms with van der Waals surface area (Å²) in [6.45, 7) is 8.19. The van der Waals surface area contributed by atoms with Crippen molar-refractivity contribution in [1.29, 1.82) is 0 Å². The minimum Gasteiger partial charge on any atom is -0.495 e. The smallest absolute Gasteiger partial charge is 0.331 e. The Hall–Kier alpha value is -4.10. The molecule has 4 rings (SSSR count). The number of carbonyl (C=O) groups is 2. The van der Waals surface area contributed by atoms with Crippen LogP contribution < -0.4 is 9.64 Å². The molecule has 1 saturated heterocycles. The van der Waals surface area contributed by atoms with E-state index in [0.29, 0.717) is 12.8 Å². The monoisotopic (exact) mass is 516 g/mol. The average Bonchev–Trinajstić information content (AvgIpc) is 2.94. The van der Waals surface area contributed by atoms with E-state index in [2.05, 4.69) is 28.5 Å². The summed E-state index contributed by atoms with van der Waals surface area (Å²) in [6, 6.07) is 25.7. The van der Waals surface area contributed by atoms with Gasteiger partial charge >= 0.3 is 11.9 Å². The van der Waals surface area contributed by atoms with Crippen LogP contribution in [0.5, 0.6) is 5.75 Å². The van der Waals surface area contributed by atoms with E-state index in [0.717, 1.165) is 55.3 Å². The number of nitrogens with zero attached hydrogens (tertiary/aromatic N) is 2. The molecule has 0 aromatic heterocycles. The maximum atomic E-state index is 10.9. The zero-order chi connectivity index (χ0) is 27.3. The fourth-order valence-electron chi connectivity index (χ4n) is 4.39. The van der Waals surface area contributed by atoms with E-state index < -0.39 is 11.9 Å². The Morgan fingerprint density at radius 1 is 0.842 bits per heavy atom. The minimum absolute atomic E-state index is 0.179. The summed E-state index contributed by atoms with van der Waals surface area (Å²) < 4.78 is 5.48. The molecule has 0 aliphatic carbocycles. The summed E-state index contributed by atoms with van der Waals surface area (Å²) in [7, 11) is 1.71. The summed E-state index contributed by atoms with van der Waals surface area (Å²) in [4.78, 5) is 26.1. The van der Waals surface area contributed by atoms with Gasteiger partial charge in [0.25, 0.3) is 0 Å². The second-order valence-electron chi connectivity index (χ2n) is 9.17. The normalized spacial score (nSPS) is 13.2. The van der Waals surface area contributed by atoms with Gasteiger partial charge in [-0.05, 0) is 35.2 Å². The number of anilines is 1. The van der Waals surface area contributed by atoms with Crippen molar-refractivity contribution >= 4 is 17.6 Å². The molecular weight excluding hydrogens is 480 g/mol. The Labute approximate surface area is 224 Å². The molecule has 0 radical (unpaired) electrons. The Bertz CT molecular complexity index is 1200. The van der Waals surface area contributed by atoms with Crippen molar-refractivity contribution in [3.8, 4) is 5.75 Å². The lowest BCUT2D eigenvalue weighted by molar-refractivity contribution is -0.137. The topological polar surface area (TPSA) is 90.3 Å². The molecule has 1 fully saturated rings. The van der Waals surface area contributed by atoms with Gasteiger partial charge < -0.3 is 19.8 Å². The highest BCUT2D eigenvalue weighted by Crippen LogP contribution is 2.28. The molecule has 7 nitrogen and oxygen atoms in total. The summed E-state index contributed by atoms with van der Waals surface area (Å²) in [6.07, 6.45) is 1.18. The van der Waals surface area contributed by atoms with Crippen LogP contribution in [0.15, 0.2) is 91.0 Å². The largest absolute Gasteiger partial charge is 0.495 e. The predicted molar refractivity (Wildman–Crippen MR) is 150 cm³/mol. The first-order chi connectivity index (χ1) is 18.4. The van der Waals surface area contributed by atoms with Crippen LogP contribution in [0.4, 0.5) is 5.69 Å². The van der Waals surface area contributed by atoms with Crippen LogP contribution in [-0.4, -0.2) is 60.3 Å². The van der Waals surface area contributed by atoms with Gasteiger partial charge in [0.1, 0.15) is 5.75 Å². The maximum Gasteiger partial charge on any atom is 0.331 e. The van der Waals surface area contributed by atoms with Crippen molar-refractivity contribution in [2.24, 2.45) is 0 Å². The first-order valence-corrected chi connectivity index (χ1v) is 12.7. The molecule has 0 bridgehead atoms. The highest BCUT2D eigenvalue weighted by atomic mass is 16.5. The average molecular weight is 517 g/mol. The standard InChI is InChI=1S/C21H26N2O3.C10H10O2/c1-26-20-9-5-4-8-19(20)23-14-12-22(13-15-23)16-18-7-3-2-6-17(18)10-11-21(24)25;1-8(10(11)12)7-9-5-3-2-4-6-9/h2-9H,10-16H2,1H3,(H,24,25);2-6H,1,7H2,(H,11,12). The van der Waals surface area contributed by atoms with Gasteiger partial charge in [-0.1, -0.05) is 73.3 Å². The molecule has 0 atom stereocenters. The number of carboxylic acids is 2. The SMILES string of the molecule is C=C(Cc1ccccc1)C(=O)O.COc1ccccc1N1CCN(Cc2ccccc2CCC(=O)O)CC1. The van der Waals surface area contributed by atoms with Crippen LogP contribution in [0.25, 0.3) is 0 Å². The number of ether oxygens (including phenoxy) is 1. The molecule has 200 valence electrons. The lowest BCUT2D eigenvalue weighted by Gasteiger charge is -2.36. The molecule has 0 unspecified atom stereocenters. The van der Waals surface area contributed by atoms with Crippen molar-refractivity contribution in [2.45, 2.75) is 25.8 Å². The number of hydrogen-bond donors (Lipinski definition) is 2. The zero-order valence-electron chi connectivity index (χ0n) is 21.9. The third-order valence-corrected chi connectivity index (χ3v) is 6.48. The molecule has 2 N–H and O–H groups in total. The molecule has 1 aliphatic rings. The van der Waals surface area contributed by atoms with Crippen LogP contribution in [0.3, 0.4) is 0 Å². The third-order valence-electron chi connectivity index (χ3n) is 6.48. The Morgan fingerprint density at radius 3 is 2.08 bits per heavy atom. The molecule has 1 heterocycles. The number of aryl methyl sites for hydroxylation is 1. The third kappa shape index (κ3) is 8.78. The summed E-state index contributed by atoms with van der Waals surface area (Å²) in [5.74, 6) is -0.760. The number of para-hydroxylation sites is 2. The molecule has 3 aromatic rings. The highest BCUT2D eigenvalue weighted by molar-refractivity contribution is 5.86. The molecule has 38 heavy (non-hydrogen) atoms. The maximum absolute atomic E-state index is 10.9. The van der Waals surface area contributed by atoms with Gasteiger partial charge in [-0.25, -0.2) is 4.79 Å². The molecule has 0 amide bonds. The van der Waals surface area contributed by atoms with Gasteiger partial charge in [-0.2, -0.15) is 0 Å². The van der Waals surface area contributed by atoms with Crippen LogP contribution in [-0.2, 0) is 29.0 Å². The number of methoxy groups -OCH3 is 1. The van der Waals surface area contributed by atoms with Gasteiger partial charge in [-0.3, -0.25) is 9.69 Å². The highest BCUT2D eigenvalue weighted by Gasteiger charge is 2.20. The Morgan fingerprint density at radius 2 is 1.45 bits per heavy atom. The molecule has 3 aromatic carbocycles. The van der Waals surface area contributed by atoms with Gasteiger partial charge in [0.15, 0.2) is 0 Å². The zero-order valence-corrected chi connectivity index (χ0v) is 21.9. The Balaban J connectivity index is 0.000000279. The van der Waals surface area contributed by atoms with Crippen molar-refractivity contribution in [1.82, 2.24) is 4.90 Å². The number of rotatable bonds is 10. The first-order valence-electron chi connectivity index (χ1n) is 12.7. The van der Waals surface area contributed by atoms with E-state index >= 15 is 0 Å². The van der Waals surface area contributed by atoms with E-state index in [1.165, 1.54) is 5.56 Å². The van der Waals surface area contributed by atoms with Crippen LogP contribution >= 0.6 is 0 Å². The number of benzene rings is 3. The van der Waals surface area contributed by atoms with E-state index in [4.69, 9.17) is 14.9 Å². The van der Waals surface area contributed by atoms with Gasteiger partial charge in [0.05, 0.1) is 12.8 Å². The first kappa shape index (κ1) is 28.5. The van der Waals surface area contributed by atoms with Crippen molar-refractivity contribution < 1.29 is 24.5 Å². The Kier molecular flexibility index (Phi) is 10.9. The second kappa shape index (κ2) is 14.6. The number of carboxylic acid groups (broad SMARTS) is 2. The van der Waals surface area contributed by atoms with Crippen LogP contribution in [0, 0.1) is 0 Å². The summed E-state index contributed by atoms with van der Waals surface area (Å²) >= 11 is 0. The number of hydrogen-bond acceptors (Lipinski definition) is 5. The van der Waals surface area contributed by atoms with E-state index in [9.17, 15) is 9.59 Å². The molecular formula is C31H36N2O5. The van der Waals surface area contributed by atoms with Gasteiger partial charge in [0.2, 0.25) is 0 Å². The molecule has 7 heteroatoms. The number of piperazine rings is 1. The fraction of sp³-hybridized carbons (Fsp3) is 0.290. The lowest BCUT2D eigenvalue weighted by atomic mass is 10.0. The van der Waals surface area contributed by atoms with E-state index in [1.54, 1.807) is 7.11 Å². The van der Waals surface area contributed by atoms with Crippen molar-refractivity contribution in [3.63, 3.8) is 0 Å². The summed E-state index contributed by atoms with van der Waals surface area (Å²) in [5.41, 5.74) is 4.73. The second-order valence-corrected chi connectivity index (χ2v) is 9.17. The van der Waals surface area contributed by atoms with Gasteiger partial charge in [0, 0.05) is 51.1 Å². The van der Waals surface area contributed by atoms with E-state index in [-0.39, 0.29) is 12.0 Å². The fourth-order valence-corrected chi connectivity index (χ4v) is 4.39. The van der Waals surface area contributed by atoms with Crippen molar-refractivity contribution in [3.05, 3.63) is 108 Å². The van der Waals surface area contributed by atoms with Gasteiger partial charge in [-0.15, -0.1) is 0 Å². The van der Waals surface area contributed by atoms with E-state index in [1.807, 2.05) is 66.7 Å². The molecule has 1 aliphatic heterocycles. The number of aliphatic carboxylic acids is 2. The van der Waals surface area contributed by atoms with Crippen LogP contribution in [0.1, 0.15) is 23.1 Å². The minimum atomic E-state index is -0.932. The van der Waals surface area contributed by atoms with Crippen molar-refractivity contribution in [2.75, 3.05) is 38.2 Å². The molecule has 0 saturated carbocycles. The molecule has 0 spiro atoms. The predicted octanol–water partition coefficient (Wildman–Crippen LogP) is 4.90. The quantitative estimate of drug-likeness (QED) is 0.370.